The van der Waals surface area contributed by atoms with Gasteiger partial charge in [0.15, 0.2) is 0 Å². The topological polar surface area (TPSA) is 82.0 Å². The number of sulfonamides is 1. The fourth-order valence-corrected chi connectivity index (χ4v) is 3.48. The van der Waals surface area contributed by atoms with E-state index in [1.165, 1.54) is 0 Å². The predicted octanol–water partition coefficient (Wildman–Crippen LogP) is 3.88. The van der Waals surface area contributed by atoms with Crippen LogP contribution < -0.4 is 10.0 Å². The molecule has 2 aromatic rings. The zero-order valence-electron chi connectivity index (χ0n) is 13.8. The number of nitrogens with one attached hydrogen (secondary N) is 2. The summed E-state index contributed by atoms with van der Waals surface area (Å²) in [6.45, 7) is 3.84. The van der Waals surface area contributed by atoms with Crippen LogP contribution in [0.15, 0.2) is 48.5 Å². The summed E-state index contributed by atoms with van der Waals surface area (Å²) in [5.74, 6) is 0.103. The third-order valence-electron chi connectivity index (χ3n) is 3.53. The maximum absolute atomic E-state index is 11.9. The van der Waals surface area contributed by atoms with Gasteiger partial charge < -0.3 is 5.32 Å². The molecule has 6 heteroatoms. The van der Waals surface area contributed by atoms with Crippen LogP contribution in [0.1, 0.15) is 37.4 Å². The van der Waals surface area contributed by atoms with Crippen molar-refractivity contribution < 1.29 is 8.42 Å². The largest absolute Gasteiger partial charge is 0.378 e. The SMILES string of the molecule is CCCS(=O)(=O)Nc1cccc(NC(C)c2ccc(C#N)cc2)c1. The van der Waals surface area contributed by atoms with Gasteiger partial charge in [-0.25, -0.2) is 8.42 Å². The lowest BCUT2D eigenvalue weighted by Crippen LogP contribution is -2.16. The van der Waals surface area contributed by atoms with Crippen molar-refractivity contribution in [2.75, 3.05) is 15.8 Å². The molecule has 0 bridgehead atoms. The van der Waals surface area contributed by atoms with E-state index in [9.17, 15) is 8.42 Å². The van der Waals surface area contributed by atoms with Crippen LogP contribution in [0.25, 0.3) is 0 Å². The second-order valence-corrected chi connectivity index (χ2v) is 7.44. The number of benzene rings is 2. The van der Waals surface area contributed by atoms with Crippen molar-refractivity contribution in [1.29, 1.82) is 5.26 Å². The summed E-state index contributed by atoms with van der Waals surface area (Å²) in [5.41, 5.74) is 3.04. The quantitative estimate of drug-likeness (QED) is 0.799. The molecule has 2 N–H and O–H groups in total. The second-order valence-electron chi connectivity index (χ2n) is 5.60. The van der Waals surface area contributed by atoms with Crippen LogP contribution in [-0.4, -0.2) is 14.2 Å². The van der Waals surface area contributed by atoms with Gasteiger partial charge in [0, 0.05) is 11.7 Å². The van der Waals surface area contributed by atoms with Gasteiger partial charge in [0.25, 0.3) is 0 Å². The van der Waals surface area contributed by atoms with Crippen molar-refractivity contribution in [3.63, 3.8) is 0 Å². The first-order valence-corrected chi connectivity index (χ1v) is 9.46. The van der Waals surface area contributed by atoms with Crippen LogP contribution in [0, 0.1) is 11.3 Å². The molecular formula is C18H21N3O2S. The number of rotatable bonds is 7. The lowest BCUT2D eigenvalue weighted by Gasteiger charge is -2.17. The van der Waals surface area contributed by atoms with Gasteiger partial charge >= 0.3 is 0 Å². The van der Waals surface area contributed by atoms with Crippen molar-refractivity contribution in [3.8, 4) is 6.07 Å². The first kappa shape index (κ1) is 17.8. The van der Waals surface area contributed by atoms with Crippen molar-refractivity contribution in [3.05, 3.63) is 59.7 Å². The Hall–Kier alpha value is -2.52. The number of hydrogen-bond acceptors (Lipinski definition) is 4. The molecule has 0 saturated heterocycles. The Kier molecular flexibility index (Phi) is 5.83. The van der Waals surface area contributed by atoms with Crippen LogP contribution >= 0.6 is 0 Å². The van der Waals surface area contributed by atoms with Crippen LogP contribution in [0.4, 0.5) is 11.4 Å². The minimum atomic E-state index is -3.30. The summed E-state index contributed by atoms with van der Waals surface area (Å²) in [6.07, 6.45) is 0.572. The maximum atomic E-state index is 11.9. The molecule has 24 heavy (non-hydrogen) atoms. The lowest BCUT2D eigenvalue weighted by molar-refractivity contribution is 0.600. The van der Waals surface area contributed by atoms with Crippen LogP contribution in [0.5, 0.6) is 0 Å². The van der Waals surface area contributed by atoms with Gasteiger partial charge in [0.05, 0.1) is 23.1 Å². The van der Waals surface area contributed by atoms with E-state index >= 15 is 0 Å². The fourth-order valence-electron chi connectivity index (χ4n) is 2.35. The minimum Gasteiger partial charge on any atom is -0.378 e. The van der Waals surface area contributed by atoms with Gasteiger partial charge in [0.1, 0.15) is 0 Å². The van der Waals surface area contributed by atoms with Crippen LogP contribution in [-0.2, 0) is 10.0 Å². The van der Waals surface area contributed by atoms with Gasteiger partial charge in [0.2, 0.25) is 10.0 Å². The molecule has 1 atom stereocenters. The Balaban J connectivity index is 2.09. The highest BCUT2D eigenvalue weighted by atomic mass is 32.2. The van der Waals surface area contributed by atoms with Crippen molar-refractivity contribution in [1.82, 2.24) is 0 Å². The summed E-state index contributed by atoms with van der Waals surface area (Å²) in [5, 5.41) is 12.2. The first-order chi connectivity index (χ1) is 11.4. The van der Waals surface area contributed by atoms with Crippen LogP contribution in [0.2, 0.25) is 0 Å². The van der Waals surface area contributed by atoms with Gasteiger partial charge in [-0.15, -0.1) is 0 Å². The number of anilines is 2. The average molecular weight is 343 g/mol. The predicted molar refractivity (Wildman–Crippen MR) is 97.3 cm³/mol. The highest BCUT2D eigenvalue weighted by molar-refractivity contribution is 7.92. The molecule has 2 aromatic carbocycles. The minimum absolute atomic E-state index is 0.0280. The number of hydrogen-bond donors (Lipinski definition) is 2. The van der Waals surface area contributed by atoms with Crippen molar-refractivity contribution in [2.45, 2.75) is 26.3 Å². The van der Waals surface area contributed by atoms with Gasteiger partial charge in [-0.2, -0.15) is 5.26 Å². The molecule has 0 fully saturated rings. The Morgan fingerprint density at radius 1 is 1.12 bits per heavy atom. The Morgan fingerprint density at radius 3 is 2.42 bits per heavy atom. The van der Waals surface area contributed by atoms with Crippen LogP contribution in [0.3, 0.4) is 0 Å². The Labute approximate surface area is 143 Å². The highest BCUT2D eigenvalue weighted by Gasteiger charge is 2.10. The summed E-state index contributed by atoms with van der Waals surface area (Å²) >= 11 is 0. The molecule has 1 unspecified atom stereocenters. The molecule has 0 radical (unpaired) electrons. The van der Waals surface area contributed by atoms with Crippen molar-refractivity contribution in [2.24, 2.45) is 0 Å². The average Bonchev–Trinajstić information content (AvgIpc) is 2.54. The number of nitriles is 1. The van der Waals surface area contributed by atoms with E-state index in [2.05, 4.69) is 16.1 Å². The van der Waals surface area contributed by atoms with E-state index in [0.29, 0.717) is 17.7 Å². The highest BCUT2D eigenvalue weighted by Crippen LogP contribution is 2.22. The molecule has 0 amide bonds. The smallest absolute Gasteiger partial charge is 0.232 e. The molecule has 0 aliphatic heterocycles. The molecule has 5 nitrogen and oxygen atoms in total. The van der Waals surface area contributed by atoms with Crippen molar-refractivity contribution >= 4 is 21.4 Å². The zero-order chi connectivity index (χ0) is 17.6. The molecule has 0 heterocycles. The Bertz CT molecular complexity index is 824. The molecule has 0 aromatic heterocycles. The van der Waals surface area contributed by atoms with E-state index in [1.54, 1.807) is 30.3 Å². The standard InChI is InChI=1S/C18H21N3O2S/c1-3-11-24(22,23)21-18-6-4-5-17(12-18)20-14(2)16-9-7-15(13-19)8-10-16/h4-10,12,14,20-21H,3,11H2,1-2H3. The summed E-state index contributed by atoms with van der Waals surface area (Å²) < 4.78 is 26.3. The summed E-state index contributed by atoms with van der Waals surface area (Å²) in [4.78, 5) is 0. The molecule has 0 aliphatic rings. The number of nitrogens with zero attached hydrogens (tertiary/aromatic N) is 1. The van der Waals surface area contributed by atoms with E-state index in [1.807, 2.05) is 32.0 Å². The Morgan fingerprint density at radius 2 is 1.79 bits per heavy atom. The molecule has 126 valence electrons. The van der Waals surface area contributed by atoms with Gasteiger partial charge in [-0.1, -0.05) is 25.1 Å². The van der Waals surface area contributed by atoms with E-state index in [-0.39, 0.29) is 11.8 Å². The second kappa shape index (κ2) is 7.84. The third-order valence-corrected chi connectivity index (χ3v) is 5.02. The van der Waals surface area contributed by atoms with Gasteiger partial charge in [-0.05, 0) is 49.2 Å². The maximum Gasteiger partial charge on any atom is 0.232 e. The zero-order valence-corrected chi connectivity index (χ0v) is 14.6. The summed E-state index contributed by atoms with van der Waals surface area (Å²) in [7, 11) is -3.30. The van der Waals surface area contributed by atoms with E-state index in [4.69, 9.17) is 5.26 Å². The normalized spacial score (nSPS) is 12.2. The van der Waals surface area contributed by atoms with E-state index in [0.717, 1.165) is 11.3 Å². The molecule has 0 spiro atoms. The summed E-state index contributed by atoms with van der Waals surface area (Å²) in [6, 6.07) is 16.7. The molecule has 0 aliphatic carbocycles. The fraction of sp³-hybridized carbons (Fsp3) is 0.278. The molecular weight excluding hydrogens is 322 g/mol. The van der Waals surface area contributed by atoms with E-state index < -0.39 is 10.0 Å². The molecule has 2 rings (SSSR count). The third kappa shape index (κ3) is 5.00. The van der Waals surface area contributed by atoms with Gasteiger partial charge in [-0.3, -0.25) is 4.72 Å². The lowest BCUT2D eigenvalue weighted by atomic mass is 10.1. The first-order valence-electron chi connectivity index (χ1n) is 7.80. The molecule has 0 saturated carbocycles. The monoisotopic (exact) mass is 343 g/mol.